The fraction of sp³-hybridized carbons (Fsp3) is 0.714. The van der Waals surface area contributed by atoms with Gasteiger partial charge in [0.1, 0.15) is 10.7 Å². The van der Waals surface area contributed by atoms with Crippen molar-refractivity contribution in [3.8, 4) is 0 Å². The van der Waals surface area contributed by atoms with Crippen molar-refractivity contribution >= 4 is 28.2 Å². The van der Waals surface area contributed by atoms with Crippen molar-refractivity contribution in [2.45, 2.75) is 45.7 Å². The van der Waals surface area contributed by atoms with Crippen LogP contribution in [0.2, 0.25) is 0 Å². The number of nitrogens with zero attached hydrogens (tertiary/aromatic N) is 2. The summed E-state index contributed by atoms with van der Waals surface area (Å²) in [5.41, 5.74) is 5.94. The van der Waals surface area contributed by atoms with E-state index in [1.54, 1.807) is 0 Å². The molecule has 1 aromatic rings. The Morgan fingerprint density at radius 2 is 2.19 bits per heavy atom. The molecular weight excluding hydrogens is 286 g/mol. The molecule has 1 amide bonds. The van der Waals surface area contributed by atoms with Gasteiger partial charge in [0.2, 0.25) is 0 Å². The highest BCUT2D eigenvalue weighted by Crippen LogP contribution is 2.28. The summed E-state index contributed by atoms with van der Waals surface area (Å²) in [5.74, 6) is 0.344. The van der Waals surface area contributed by atoms with E-state index in [-0.39, 0.29) is 11.9 Å². The maximum atomic E-state index is 12.8. The lowest BCUT2D eigenvalue weighted by atomic mass is 10.0. The molecule has 0 saturated carbocycles. The van der Waals surface area contributed by atoms with E-state index in [2.05, 4.69) is 15.6 Å². The quantitative estimate of drug-likeness (QED) is 0.772. The lowest BCUT2D eigenvalue weighted by molar-refractivity contribution is 0.0662. The molecule has 0 atom stereocenters. The van der Waals surface area contributed by atoms with Crippen molar-refractivity contribution in [3.05, 3.63) is 4.88 Å². The molecule has 1 aliphatic rings. The molecule has 0 unspecified atom stereocenters. The van der Waals surface area contributed by atoms with Gasteiger partial charge < -0.3 is 21.3 Å². The second-order valence-electron chi connectivity index (χ2n) is 5.60. The van der Waals surface area contributed by atoms with Gasteiger partial charge in [-0.05, 0) is 46.7 Å². The zero-order valence-corrected chi connectivity index (χ0v) is 13.8. The van der Waals surface area contributed by atoms with E-state index in [1.165, 1.54) is 11.3 Å². The molecule has 1 aliphatic heterocycles. The van der Waals surface area contributed by atoms with Crippen LogP contribution in [0.3, 0.4) is 0 Å². The van der Waals surface area contributed by atoms with Crippen molar-refractivity contribution < 1.29 is 4.79 Å². The lowest BCUT2D eigenvalue weighted by Crippen LogP contribution is -2.46. The van der Waals surface area contributed by atoms with E-state index in [4.69, 9.17) is 5.73 Å². The summed E-state index contributed by atoms with van der Waals surface area (Å²) in [6.45, 7) is 8.72. The van der Waals surface area contributed by atoms with Crippen LogP contribution >= 0.6 is 11.3 Å². The topological polar surface area (TPSA) is 83.3 Å². The third-order valence-corrected chi connectivity index (χ3v) is 4.60. The summed E-state index contributed by atoms with van der Waals surface area (Å²) >= 11 is 1.35. The molecule has 0 aliphatic carbocycles. The molecular formula is C14H25N5OS. The number of piperidine rings is 1. The highest BCUT2D eigenvalue weighted by molar-refractivity contribution is 7.18. The summed E-state index contributed by atoms with van der Waals surface area (Å²) in [6, 6.07) is 0.567. The van der Waals surface area contributed by atoms with Crippen molar-refractivity contribution in [2.24, 2.45) is 0 Å². The average molecular weight is 311 g/mol. The number of nitrogen functional groups attached to an aromatic ring is 1. The number of anilines is 2. The number of aromatic nitrogens is 1. The second-order valence-corrected chi connectivity index (χ2v) is 6.60. The molecule has 118 valence electrons. The minimum Gasteiger partial charge on any atom is -0.382 e. The molecule has 7 heteroatoms. The molecule has 4 N–H and O–H groups in total. The number of thiazole rings is 1. The average Bonchev–Trinajstić information content (AvgIpc) is 2.80. The predicted octanol–water partition coefficient (Wildman–Crippen LogP) is 1.76. The predicted molar refractivity (Wildman–Crippen MR) is 87.9 cm³/mol. The van der Waals surface area contributed by atoms with Gasteiger partial charge in [-0.1, -0.05) is 11.3 Å². The third kappa shape index (κ3) is 3.85. The first-order valence-corrected chi connectivity index (χ1v) is 8.39. The Labute approximate surface area is 130 Å². The molecule has 2 rings (SSSR count). The maximum absolute atomic E-state index is 12.8. The van der Waals surface area contributed by atoms with Gasteiger partial charge in [-0.25, -0.2) is 4.98 Å². The summed E-state index contributed by atoms with van der Waals surface area (Å²) in [6.07, 6.45) is 1.99. The Hall–Kier alpha value is -1.34. The first-order chi connectivity index (χ1) is 10.0. The molecule has 1 aromatic heterocycles. The van der Waals surface area contributed by atoms with Crippen LogP contribution < -0.4 is 16.4 Å². The Bertz CT molecular complexity index is 482. The molecule has 1 fully saturated rings. The van der Waals surface area contributed by atoms with E-state index in [0.29, 0.717) is 28.4 Å². The van der Waals surface area contributed by atoms with Crippen LogP contribution in [0.5, 0.6) is 0 Å². The number of hydrogen-bond acceptors (Lipinski definition) is 6. The van der Waals surface area contributed by atoms with Crippen LogP contribution in [0.4, 0.5) is 10.9 Å². The van der Waals surface area contributed by atoms with Gasteiger partial charge in [0, 0.05) is 18.6 Å². The summed E-state index contributed by atoms with van der Waals surface area (Å²) in [5, 5.41) is 7.25. The van der Waals surface area contributed by atoms with Crippen LogP contribution in [0.25, 0.3) is 0 Å². The number of rotatable bonds is 5. The largest absolute Gasteiger partial charge is 0.382 e. The zero-order valence-electron chi connectivity index (χ0n) is 13.0. The van der Waals surface area contributed by atoms with Crippen molar-refractivity contribution in [2.75, 3.05) is 30.7 Å². The van der Waals surface area contributed by atoms with Gasteiger partial charge in [-0.15, -0.1) is 0 Å². The van der Waals surface area contributed by atoms with E-state index in [1.807, 2.05) is 25.7 Å². The molecule has 0 radical (unpaired) electrons. The second kappa shape index (κ2) is 7.09. The van der Waals surface area contributed by atoms with Gasteiger partial charge in [-0.2, -0.15) is 0 Å². The first-order valence-electron chi connectivity index (χ1n) is 7.57. The zero-order chi connectivity index (χ0) is 15.4. The number of amides is 1. The highest BCUT2D eigenvalue weighted by atomic mass is 32.1. The summed E-state index contributed by atoms with van der Waals surface area (Å²) in [7, 11) is 0. The van der Waals surface area contributed by atoms with Crippen LogP contribution in [-0.4, -0.2) is 47.5 Å². The smallest absolute Gasteiger partial charge is 0.268 e. The Kier molecular flexibility index (Phi) is 5.41. The van der Waals surface area contributed by atoms with Gasteiger partial charge in [0.25, 0.3) is 5.91 Å². The van der Waals surface area contributed by atoms with E-state index in [9.17, 15) is 4.79 Å². The van der Waals surface area contributed by atoms with Crippen molar-refractivity contribution in [1.29, 1.82) is 0 Å². The normalized spacial score (nSPS) is 16.2. The first kappa shape index (κ1) is 16.0. The van der Waals surface area contributed by atoms with Crippen LogP contribution in [-0.2, 0) is 0 Å². The van der Waals surface area contributed by atoms with Gasteiger partial charge >= 0.3 is 0 Å². The molecule has 6 nitrogen and oxygen atoms in total. The number of nitrogens with two attached hydrogens (primary N) is 1. The Morgan fingerprint density at radius 3 is 2.76 bits per heavy atom. The fourth-order valence-corrected chi connectivity index (χ4v) is 3.60. The Morgan fingerprint density at radius 1 is 1.52 bits per heavy atom. The third-order valence-electron chi connectivity index (χ3n) is 3.61. The number of carbonyl (C=O) groups is 1. The van der Waals surface area contributed by atoms with Crippen LogP contribution in [0.1, 0.15) is 43.3 Å². The Balaban J connectivity index is 2.14. The van der Waals surface area contributed by atoms with E-state index in [0.717, 1.165) is 25.9 Å². The minimum atomic E-state index is 0.0104. The molecule has 21 heavy (non-hydrogen) atoms. The standard InChI is InChI=1S/C14H25N5OS/c1-4-19(10-5-7-16-8-6-10)13(20)11-12(15)18-14(21-11)17-9(2)3/h9-10,16H,4-8,15H2,1-3H3,(H,17,18). The van der Waals surface area contributed by atoms with E-state index < -0.39 is 0 Å². The van der Waals surface area contributed by atoms with Crippen LogP contribution in [0, 0.1) is 0 Å². The fourth-order valence-electron chi connectivity index (χ4n) is 2.61. The number of carbonyl (C=O) groups excluding carboxylic acids is 1. The van der Waals surface area contributed by atoms with Crippen LogP contribution in [0.15, 0.2) is 0 Å². The minimum absolute atomic E-state index is 0.0104. The van der Waals surface area contributed by atoms with Gasteiger partial charge in [0.15, 0.2) is 5.13 Å². The number of nitrogens with one attached hydrogen (secondary N) is 2. The summed E-state index contributed by atoms with van der Waals surface area (Å²) < 4.78 is 0. The molecule has 0 aromatic carbocycles. The maximum Gasteiger partial charge on any atom is 0.268 e. The molecule has 0 bridgehead atoms. The van der Waals surface area contributed by atoms with E-state index >= 15 is 0 Å². The molecule has 0 spiro atoms. The SMILES string of the molecule is CCN(C(=O)c1sc(NC(C)C)nc1N)C1CCNCC1. The lowest BCUT2D eigenvalue weighted by Gasteiger charge is -2.33. The van der Waals surface area contributed by atoms with Gasteiger partial charge in [-0.3, -0.25) is 4.79 Å². The van der Waals surface area contributed by atoms with Gasteiger partial charge in [0.05, 0.1) is 0 Å². The molecule has 2 heterocycles. The van der Waals surface area contributed by atoms with Crippen molar-refractivity contribution in [3.63, 3.8) is 0 Å². The number of hydrogen-bond donors (Lipinski definition) is 3. The summed E-state index contributed by atoms with van der Waals surface area (Å²) in [4.78, 5) is 19.5. The monoisotopic (exact) mass is 311 g/mol. The molecule has 1 saturated heterocycles. The highest BCUT2D eigenvalue weighted by Gasteiger charge is 2.28. The van der Waals surface area contributed by atoms with Crippen molar-refractivity contribution in [1.82, 2.24) is 15.2 Å².